The lowest BCUT2D eigenvalue weighted by Gasteiger charge is -2.49. The van der Waals surface area contributed by atoms with Crippen molar-refractivity contribution in [3.8, 4) is 0 Å². The van der Waals surface area contributed by atoms with Gasteiger partial charge >= 0.3 is 0 Å². The number of halogens is 4. The van der Waals surface area contributed by atoms with Crippen LogP contribution in [0.15, 0.2) is 45.3 Å². The average Bonchev–Trinajstić information content (AvgIpc) is 2.59. The molecule has 0 spiro atoms. The third kappa shape index (κ3) is 6.37. The van der Waals surface area contributed by atoms with Crippen LogP contribution >= 0.6 is 31.9 Å². The van der Waals surface area contributed by atoms with Crippen molar-refractivity contribution in [1.82, 2.24) is 0 Å². The molecule has 1 nitrogen and oxygen atoms in total. The van der Waals surface area contributed by atoms with E-state index in [-0.39, 0.29) is 21.7 Å². The number of benzene rings is 2. The summed E-state index contributed by atoms with van der Waals surface area (Å²) in [7, 11) is -4.36. The summed E-state index contributed by atoms with van der Waals surface area (Å²) in [5, 5.41) is -0.172. The van der Waals surface area contributed by atoms with Crippen LogP contribution in [0.5, 0.6) is 0 Å². The zero-order valence-corrected chi connectivity index (χ0v) is 25.0. The minimum Gasteiger partial charge on any atom is -0.455 e. The Morgan fingerprint density at radius 3 is 1.32 bits per heavy atom. The Hall–Kier alpha value is -0.346. The molecule has 0 unspecified atom stereocenters. The van der Waals surface area contributed by atoms with E-state index in [2.05, 4.69) is 85.7 Å². The third-order valence-electron chi connectivity index (χ3n) is 7.03. The van der Waals surface area contributed by atoms with E-state index in [9.17, 15) is 8.78 Å². The first kappa shape index (κ1) is 26.9. The van der Waals surface area contributed by atoms with Gasteiger partial charge in [-0.15, -0.1) is 0 Å². The highest BCUT2D eigenvalue weighted by Crippen LogP contribution is 2.48. The Bertz CT molecular complexity index is 868. The number of rotatable bonds is 8. The van der Waals surface area contributed by atoms with Crippen LogP contribution in [0.4, 0.5) is 8.78 Å². The predicted octanol–water partition coefficient (Wildman–Crippen LogP) is 9.26. The van der Waals surface area contributed by atoms with Crippen LogP contribution in [0.2, 0.25) is 36.3 Å². The molecule has 0 atom stereocenters. The van der Waals surface area contributed by atoms with Crippen molar-refractivity contribution in [1.29, 1.82) is 0 Å². The Morgan fingerprint density at radius 1 is 0.710 bits per heavy atom. The predicted molar refractivity (Wildman–Crippen MR) is 140 cm³/mol. The Kier molecular flexibility index (Phi) is 8.23. The maximum Gasteiger partial charge on any atom is 0.179 e. The SMILES string of the molecule is CC(C)(Cc1ccc(Br)c(F)c1)[Si](C)(C)O[Si](C)(C)C(C)(C)Cc1ccc(Br)c(F)c1. The van der Waals surface area contributed by atoms with Crippen molar-refractivity contribution in [2.75, 3.05) is 0 Å². The van der Waals surface area contributed by atoms with Crippen LogP contribution in [0.3, 0.4) is 0 Å². The summed E-state index contributed by atoms with van der Waals surface area (Å²) in [6, 6.07) is 10.7. The summed E-state index contributed by atoms with van der Waals surface area (Å²) in [6.45, 7) is 18.0. The molecule has 2 aromatic rings. The van der Waals surface area contributed by atoms with Gasteiger partial charge in [0.1, 0.15) is 11.6 Å². The monoisotopic (exact) mass is 590 g/mol. The van der Waals surface area contributed by atoms with Crippen LogP contribution in [0.25, 0.3) is 0 Å². The van der Waals surface area contributed by atoms with Gasteiger partial charge in [-0.25, -0.2) is 8.78 Å². The molecule has 0 heterocycles. The standard InChI is InChI=1S/C24H34Br2F2OSi2/c1-23(2,15-17-9-11-19(25)21(27)13-17)30(5,6)29-31(7,8)24(3,4)16-18-10-12-20(26)22(28)14-18/h9-14H,15-16H2,1-8H3. The summed E-state index contributed by atoms with van der Waals surface area (Å²) in [6.07, 6.45) is 1.53. The molecule has 31 heavy (non-hydrogen) atoms. The summed E-state index contributed by atoms with van der Waals surface area (Å²) in [5.41, 5.74) is 1.97. The molecular formula is C24H34Br2F2OSi2. The second-order valence-corrected chi connectivity index (χ2v) is 22.0. The molecule has 2 aromatic carbocycles. The average molecular weight is 593 g/mol. The lowest BCUT2D eigenvalue weighted by Crippen LogP contribution is -2.55. The van der Waals surface area contributed by atoms with E-state index in [4.69, 9.17) is 4.12 Å². The van der Waals surface area contributed by atoms with Crippen molar-refractivity contribution >= 4 is 48.5 Å². The Balaban J connectivity index is 2.22. The second-order valence-electron chi connectivity index (χ2n) is 10.7. The van der Waals surface area contributed by atoms with E-state index in [0.717, 1.165) is 24.0 Å². The van der Waals surface area contributed by atoms with Gasteiger partial charge < -0.3 is 4.12 Å². The fraction of sp³-hybridized carbons (Fsp3) is 0.500. The highest BCUT2D eigenvalue weighted by atomic mass is 79.9. The van der Waals surface area contributed by atoms with Gasteiger partial charge in [-0.3, -0.25) is 0 Å². The van der Waals surface area contributed by atoms with Crippen LogP contribution in [-0.4, -0.2) is 16.6 Å². The highest BCUT2D eigenvalue weighted by molar-refractivity contribution is 9.10. The summed E-state index contributed by atoms with van der Waals surface area (Å²) >= 11 is 6.47. The van der Waals surface area contributed by atoms with Gasteiger partial charge in [0, 0.05) is 0 Å². The maximum atomic E-state index is 14.0. The normalized spacial score (nSPS) is 13.5. The summed E-state index contributed by atoms with van der Waals surface area (Å²) in [4.78, 5) is 0. The van der Waals surface area contributed by atoms with E-state index in [0.29, 0.717) is 8.95 Å². The first-order valence-electron chi connectivity index (χ1n) is 10.6. The van der Waals surface area contributed by atoms with Gasteiger partial charge in [-0.1, -0.05) is 39.8 Å². The topological polar surface area (TPSA) is 9.23 Å². The quantitative estimate of drug-likeness (QED) is 0.278. The molecule has 172 valence electrons. The van der Waals surface area contributed by atoms with E-state index in [1.165, 1.54) is 0 Å². The van der Waals surface area contributed by atoms with Gasteiger partial charge in [0.2, 0.25) is 0 Å². The number of hydrogen-bond donors (Lipinski definition) is 0. The van der Waals surface area contributed by atoms with E-state index >= 15 is 0 Å². The molecule has 7 heteroatoms. The Labute approximate surface area is 205 Å². The molecule has 0 saturated heterocycles. The largest absolute Gasteiger partial charge is 0.455 e. The molecule has 0 N–H and O–H groups in total. The molecule has 0 aliphatic heterocycles. The molecule has 0 fully saturated rings. The fourth-order valence-electron chi connectivity index (χ4n) is 3.66. The molecule has 0 aliphatic rings. The molecule has 0 radical (unpaired) electrons. The van der Waals surface area contributed by atoms with Gasteiger partial charge in [0.15, 0.2) is 16.6 Å². The van der Waals surface area contributed by atoms with Crippen molar-refractivity contribution in [3.05, 3.63) is 68.1 Å². The Morgan fingerprint density at radius 2 is 1.03 bits per heavy atom. The van der Waals surface area contributed by atoms with Crippen LogP contribution in [0, 0.1) is 11.6 Å². The summed E-state index contributed by atoms with van der Waals surface area (Å²) < 4.78 is 36.2. The number of hydrogen-bond acceptors (Lipinski definition) is 1. The van der Waals surface area contributed by atoms with Gasteiger partial charge in [-0.2, -0.15) is 0 Å². The first-order chi connectivity index (χ1) is 14.0. The van der Waals surface area contributed by atoms with Crippen LogP contribution < -0.4 is 0 Å². The minimum atomic E-state index is -2.18. The van der Waals surface area contributed by atoms with Gasteiger partial charge in [0.25, 0.3) is 0 Å². The molecule has 0 aromatic heterocycles. The molecule has 0 bridgehead atoms. The van der Waals surface area contributed by atoms with Gasteiger partial charge in [0.05, 0.1) is 8.95 Å². The van der Waals surface area contributed by atoms with Crippen molar-refractivity contribution in [2.45, 2.75) is 76.8 Å². The zero-order valence-electron chi connectivity index (χ0n) is 19.8. The van der Waals surface area contributed by atoms with E-state index in [1.54, 1.807) is 24.3 Å². The molecule has 2 rings (SSSR count). The third-order valence-corrected chi connectivity index (χ3v) is 19.3. The molecule has 0 amide bonds. The smallest absolute Gasteiger partial charge is 0.179 e. The fourth-order valence-corrected chi connectivity index (χ4v) is 12.7. The second kappa shape index (κ2) is 9.49. The maximum absolute atomic E-state index is 14.0. The van der Waals surface area contributed by atoms with Crippen LogP contribution in [-0.2, 0) is 17.0 Å². The van der Waals surface area contributed by atoms with E-state index in [1.807, 2.05) is 12.1 Å². The molecule has 0 aliphatic carbocycles. The van der Waals surface area contributed by atoms with Crippen LogP contribution in [0.1, 0.15) is 38.8 Å². The van der Waals surface area contributed by atoms with Crippen molar-refractivity contribution in [2.24, 2.45) is 0 Å². The van der Waals surface area contributed by atoms with Gasteiger partial charge in [-0.05, 0) is 116 Å². The minimum absolute atomic E-state index is 0.0860. The molecular weight excluding hydrogens is 558 g/mol. The molecule has 0 saturated carbocycles. The first-order valence-corrected chi connectivity index (χ1v) is 18.0. The van der Waals surface area contributed by atoms with E-state index < -0.39 is 16.6 Å². The van der Waals surface area contributed by atoms with Crippen molar-refractivity contribution < 1.29 is 12.9 Å². The van der Waals surface area contributed by atoms with Crippen molar-refractivity contribution in [3.63, 3.8) is 0 Å². The summed E-state index contributed by atoms with van der Waals surface area (Å²) in [5.74, 6) is -0.461. The lowest BCUT2D eigenvalue weighted by atomic mass is 10.0. The highest BCUT2D eigenvalue weighted by Gasteiger charge is 2.49. The zero-order chi connectivity index (χ0) is 23.8. The lowest BCUT2D eigenvalue weighted by molar-refractivity contribution is 0.426.